The van der Waals surface area contributed by atoms with E-state index in [9.17, 15) is 9.90 Å². The zero-order valence-electron chi connectivity index (χ0n) is 17.5. The topological polar surface area (TPSA) is 79.5 Å². The summed E-state index contributed by atoms with van der Waals surface area (Å²) in [7, 11) is 0. The summed E-state index contributed by atoms with van der Waals surface area (Å²) in [5, 5.41) is 19.5. The van der Waals surface area contributed by atoms with Gasteiger partial charge in [-0.15, -0.1) is 0 Å². The number of benzene rings is 2. The number of nitrogens with zero attached hydrogens (tertiary/aromatic N) is 3. The Morgan fingerprint density at radius 2 is 1.84 bits per heavy atom. The van der Waals surface area contributed by atoms with Gasteiger partial charge in [0.05, 0.1) is 27.4 Å². The molecule has 32 heavy (non-hydrogen) atoms. The summed E-state index contributed by atoms with van der Waals surface area (Å²) >= 11 is 18.9. The Morgan fingerprint density at radius 3 is 2.44 bits per heavy atom. The first kappa shape index (κ1) is 24.8. The maximum absolute atomic E-state index is 12.9. The predicted molar refractivity (Wildman–Crippen MR) is 135 cm³/mol. The Balaban J connectivity index is 1.86. The lowest BCUT2D eigenvalue weighted by atomic mass is 9.92. The normalized spacial score (nSPS) is 11.8. The first-order chi connectivity index (χ1) is 15.0. The number of halogens is 4. The number of carbonyl (C=O) groups is 1. The third-order valence-electron chi connectivity index (χ3n) is 4.54. The number of hydrogen-bond donors (Lipinski definition) is 2. The van der Waals surface area contributed by atoms with Crippen LogP contribution in [0.5, 0.6) is 5.75 Å². The smallest absolute Gasteiger partial charge is 0.289 e. The zero-order chi connectivity index (χ0) is 23.6. The molecule has 0 radical (unpaired) electrons. The van der Waals surface area contributed by atoms with Crippen molar-refractivity contribution in [2.24, 2.45) is 5.10 Å². The minimum Gasteiger partial charge on any atom is -0.506 e. The SMILES string of the molecule is CC(C)(C)c1cc(C(=O)NN=Cc2cc(Br)c(O)c(Br)c2)n(Cc2ccc(Cl)cc2Cl)n1. The number of carbonyl (C=O) groups excluding carboxylic acids is 1. The van der Waals surface area contributed by atoms with Crippen molar-refractivity contribution < 1.29 is 9.90 Å². The van der Waals surface area contributed by atoms with Gasteiger partial charge in [0.25, 0.3) is 5.91 Å². The van der Waals surface area contributed by atoms with Gasteiger partial charge in [-0.1, -0.05) is 50.0 Å². The fourth-order valence-corrected chi connectivity index (χ4v) is 4.47. The van der Waals surface area contributed by atoms with Crippen LogP contribution in [0.25, 0.3) is 0 Å². The zero-order valence-corrected chi connectivity index (χ0v) is 22.1. The molecule has 3 rings (SSSR count). The van der Waals surface area contributed by atoms with E-state index in [1.807, 2.05) is 26.8 Å². The first-order valence-electron chi connectivity index (χ1n) is 9.49. The number of nitrogens with one attached hydrogen (secondary N) is 1. The number of hydrazone groups is 1. The molecule has 0 aliphatic carbocycles. The van der Waals surface area contributed by atoms with Crippen LogP contribution in [0.4, 0.5) is 0 Å². The van der Waals surface area contributed by atoms with Gasteiger partial charge in [-0.2, -0.15) is 10.2 Å². The third kappa shape index (κ3) is 5.92. The molecule has 3 aromatic rings. The van der Waals surface area contributed by atoms with Gasteiger partial charge in [-0.05, 0) is 73.3 Å². The lowest BCUT2D eigenvalue weighted by Gasteiger charge is -2.14. The average Bonchev–Trinajstić information content (AvgIpc) is 3.12. The molecule has 0 unspecified atom stereocenters. The van der Waals surface area contributed by atoms with Gasteiger partial charge in [-0.3, -0.25) is 9.48 Å². The van der Waals surface area contributed by atoms with Crippen molar-refractivity contribution in [1.29, 1.82) is 0 Å². The fraction of sp³-hybridized carbons (Fsp3) is 0.227. The molecule has 0 saturated carbocycles. The predicted octanol–water partition coefficient (Wildman–Crippen LogP) is 6.53. The Bertz CT molecular complexity index is 1180. The number of amides is 1. The quantitative estimate of drug-likeness (QED) is 0.257. The van der Waals surface area contributed by atoms with E-state index in [0.29, 0.717) is 36.8 Å². The minimum atomic E-state index is -0.411. The summed E-state index contributed by atoms with van der Waals surface area (Å²) in [6.07, 6.45) is 1.48. The summed E-state index contributed by atoms with van der Waals surface area (Å²) in [6, 6.07) is 10.3. The van der Waals surface area contributed by atoms with Gasteiger partial charge < -0.3 is 5.11 Å². The van der Waals surface area contributed by atoms with E-state index in [1.54, 1.807) is 35.0 Å². The number of phenols is 1. The molecule has 6 nitrogen and oxygen atoms in total. The molecule has 0 saturated heterocycles. The van der Waals surface area contributed by atoms with Crippen molar-refractivity contribution in [2.45, 2.75) is 32.7 Å². The van der Waals surface area contributed by atoms with Gasteiger partial charge in [0.1, 0.15) is 11.4 Å². The van der Waals surface area contributed by atoms with Crippen molar-refractivity contribution in [3.8, 4) is 5.75 Å². The van der Waals surface area contributed by atoms with Gasteiger partial charge in [0.15, 0.2) is 0 Å². The molecule has 168 valence electrons. The molecule has 1 aromatic heterocycles. The number of rotatable bonds is 5. The molecule has 0 spiro atoms. The first-order valence-corrected chi connectivity index (χ1v) is 11.8. The number of aromatic hydroxyl groups is 1. The monoisotopic (exact) mass is 600 g/mol. The third-order valence-corrected chi connectivity index (χ3v) is 6.33. The highest BCUT2D eigenvalue weighted by molar-refractivity contribution is 9.11. The standard InChI is InChI=1S/C22H20Br2Cl2N4O2/c1-22(2,3)19-9-18(30(29-19)11-13-4-5-14(25)8-17(13)26)21(32)28-27-10-12-6-15(23)20(31)16(24)7-12/h4-10,31H,11H2,1-3H3,(H,28,32). The highest BCUT2D eigenvalue weighted by Gasteiger charge is 2.23. The Hall–Kier alpha value is -1.87. The van der Waals surface area contributed by atoms with Crippen LogP contribution in [-0.2, 0) is 12.0 Å². The van der Waals surface area contributed by atoms with E-state index >= 15 is 0 Å². The van der Waals surface area contributed by atoms with Crippen LogP contribution in [0.2, 0.25) is 10.0 Å². The summed E-state index contributed by atoms with van der Waals surface area (Å²) in [5.41, 5.74) is 4.87. The molecule has 2 aromatic carbocycles. The van der Waals surface area contributed by atoms with Crippen molar-refractivity contribution >= 4 is 67.2 Å². The molecule has 0 aliphatic rings. The minimum absolute atomic E-state index is 0.0886. The molecule has 0 atom stereocenters. The highest BCUT2D eigenvalue weighted by atomic mass is 79.9. The second kappa shape index (κ2) is 9.95. The summed E-state index contributed by atoms with van der Waals surface area (Å²) < 4.78 is 2.62. The van der Waals surface area contributed by atoms with E-state index in [4.69, 9.17) is 23.2 Å². The van der Waals surface area contributed by atoms with Gasteiger partial charge in [-0.25, -0.2) is 5.43 Å². The van der Waals surface area contributed by atoms with Gasteiger partial charge in [0, 0.05) is 15.5 Å². The van der Waals surface area contributed by atoms with Crippen LogP contribution in [0.3, 0.4) is 0 Å². The summed E-state index contributed by atoms with van der Waals surface area (Å²) in [4.78, 5) is 12.9. The van der Waals surface area contributed by atoms with Crippen LogP contribution in [0.15, 0.2) is 50.4 Å². The maximum atomic E-state index is 12.9. The van der Waals surface area contributed by atoms with Gasteiger partial charge in [0.2, 0.25) is 0 Å². The van der Waals surface area contributed by atoms with Crippen molar-refractivity contribution in [3.05, 3.63) is 77.9 Å². The lowest BCUT2D eigenvalue weighted by Crippen LogP contribution is -2.22. The Morgan fingerprint density at radius 1 is 1.19 bits per heavy atom. The molecule has 2 N–H and O–H groups in total. The van der Waals surface area contributed by atoms with Crippen LogP contribution < -0.4 is 5.43 Å². The van der Waals surface area contributed by atoms with Crippen LogP contribution >= 0.6 is 55.1 Å². The molecule has 1 heterocycles. The van der Waals surface area contributed by atoms with E-state index in [0.717, 1.165) is 11.3 Å². The highest BCUT2D eigenvalue weighted by Crippen LogP contribution is 2.32. The second-order valence-electron chi connectivity index (χ2n) is 8.09. The Kier molecular flexibility index (Phi) is 7.70. The molecule has 1 amide bonds. The number of hydrogen-bond acceptors (Lipinski definition) is 4. The lowest BCUT2D eigenvalue weighted by molar-refractivity contribution is 0.0945. The van der Waals surface area contributed by atoms with E-state index < -0.39 is 5.91 Å². The molecule has 0 aliphatic heterocycles. The Labute approximate surface area is 212 Å². The second-order valence-corrected chi connectivity index (χ2v) is 10.6. The maximum Gasteiger partial charge on any atom is 0.289 e. The molecule has 0 bridgehead atoms. The van der Waals surface area contributed by atoms with Crippen molar-refractivity contribution in [3.63, 3.8) is 0 Å². The summed E-state index contributed by atoms with van der Waals surface area (Å²) in [5.74, 6) is -0.322. The molecule has 0 fully saturated rings. The summed E-state index contributed by atoms with van der Waals surface area (Å²) in [6.45, 7) is 6.37. The van der Waals surface area contributed by atoms with E-state index in [1.165, 1.54) is 6.21 Å². The molecule has 10 heteroatoms. The van der Waals surface area contributed by atoms with E-state index in [-0.39, 0.29) is 11.2 Å². The van der Waals surface area contributed by atoms with Crippen molar-refractivity contribution in [2.75, 3.05) is 0 Å². The largest absolute Gasteiger partial charge is 0.506 e. The fourth-order valence-electron chi connectivity index (χ4n) is 2.78. The number of aromatic nitrogens is 2. The van der Waals surface area contributed by atoms with Crippen molar-refractivity contribution in [1.82, 2.24) is 15.2 Å². The average molecular weight is 603 g/mol. The van der Waals surface area contributed by atoms with Gasteiger partial charge >= 0.3 is 0 Å². The molecular weight excluding hydrogens is 583 g/mol. The van der Waals surface area contributed by atoms with E-state index in [2.05, 4.69) is 47.5 Å². The number of phenolic OH excluding ortho intramolecular Hbond substituents is 1. The van der Waals surface area contributed by atoms with Crippen LogP contribution in [0.1, 0.15) is 48.1 Å². The van der Waals surface area contributed by atoms with Crippen LogP contribution in [-0.4, -0.2) is 27.0 Å². The van der Waals surface area contributed by atoms with Crippen LogP contribution in [0, 0.1) is 0 Å². The molecular formula is C22H20Br2Cl2N4O2.